The van der Waals surface area contributed by atoms with Crippen LogP contribution in [0.15, 0.2) is 21.0 Å². The average Bonchev–Trinajstić information content (AvgIpc) is 2.43. The third-order valence-corrected chi connectivity index (χ3v) is 3.52. The van der Waals surface area contributed by atoms with Crippen LogP contribution in [-0.4, -0.2) is 0 Å². The Morgan fingerprint density at radius 3 is 2.64 bits per heavy atom. The number of hydrogen-bond donors (Lipinski definition) is 0. The third-order valence-electron chi connectivity index (χ3n) is 2.46. The van der Waals surface area contributed by atoms with Gasteiger partial charge in [0.05, 0.1) is 0 Å². The molecule has 0 radical (unpaired) electrons. The van der Waals surface area contributed by atoms with Crippen LogP contribution in [0.2, 0.25) is 0 Å². The number of rotatable bonds is 1. The monoisotopic (exact) mass is 316 g/mol. The number of furan rings is 1. The molecular weight excluding hydrogens is 308 g/mol. The number of hydrogen-bond acceptors (Lipinski definition) is 1. The molecule has 0 aliphatic rings. The Bertz CT molecular complexity index is 485. The van der Waals surface area contributed by atoms with E-state index < -0.39 is 0 Å². The fourth-order valence-electron chi connectivity index (χ4n) is 1.57. The van der Waals surface area contributed by atoms with Crippen molar-refractivity contribution >= 4 is 42.8 Å². The molecule has 1 heterocycles. The first-order valence-electron chi connectivity index (χ1n) is 4.37. The van der Waals surface area contributed by atoms with Gasteiger partial charge in [-0.1, -0.05) is 31.9 Å². The largest absolute Gasteiger partial charge is 0.461 e. The highest BCUT2D eigenvalue weighted by molar-refractivity contribution is 9.10. The van der Waals surface area contributed by atoms with Crippen LogP contribution >= 0.6 is 31.9 Å². The lowest BCUT2D eigenvalue weighted by Crippen LogP contribution is -1.79. The summed E-state index contributed by atoms with van der Waals surface area (Å²) in [7, 11) is 0. The second kappa shape index (κ2) is 3.70. The van der Waals surface area contributed by atoms with Gasteiger partial charge in [-0.05, 0) is 31.5 Å². The van der Waals surface area contributed by atoms with Crippen LogP contribution in [0.25, 0.3) is 11.0 Å². The molecule has 0 unspecified atom stereocenters. The van der Waals surface area contributed by atoms with Gasteiger partial charge in [-0.25, -0.2) is 0 Å². The van der Waals surface area contributed by atoms with Gasteiger partial charge >= 0.3 is 0 Å². The molecule has 3 heteroatoms. The zero-order chi connectivity index (χ0) is 10.3. The van der Waals surface area contributed by atoms with Crippen LogP contribution in [0.3, 0.4) is 0 Å². The maximum absolute atomic E-state index is 5.72. The highest BCUT2D eigenvalue weighted by atomic mass is 79.9. The van der Waals surface area contributed by atoms with Crippen molar-refractivity contribution in [3.63, 3.8) is 0 Å². The van der Waals surface area contributed by atoms with Crippen LogP contribution in [0.5, 0.6) is 0 Å². The molecule has 0 saturated heterocycles. The van der Waals surface area contributed by atoms with Gasteiger partial charge in [0.1, 0.15) is 11.3 Å². The summed E-state index contributed by atoms with van der Waals surface area (Å²) in [5, 5.41) is 2.02. The van der Waals surface area contributed by atoms with Crippen molar-refractivity contribution in [3.05, 3.63) is 33.5 Å². The standard InChI is InChI=1S/C11H10Br2O/c1-6-7(2)14-11-8(5-12)3-9(13)4-10(6)11/h3-4H,5H2,1-2H3. The van der Waals surface area contributed by atoms with E-state index in [1.807, 2.05) is 6.92 Å². The van der Waals surface area contributed by atoms with E-state index in [-0.39, 0.29) is 0 Å². The van der Waals surface area contributed by atoms with Crippen LogP contribution < -0.4 is 0 Å². The van der Waals surface area contributed by atoms with E-state index in [1.165, 1.54) is 16.5 Å². The van der Waals surface area contributed by atoms with Crippen LogP contribution in [0.4, 0.5) is 0 Å². The van der Waals surface area contributed by atoms with Gasteiger partial charge in [-0.2, -0.15) is 0 Å². The van der Waals surface area contributed by atoms with Crippen molar-refractivity contribution in [1.29, 1.82) is 0 Å². The first-order valence-corrected chi connectivity index (χ1v) is 6.29. The Morgan fingerprint density at radius 2 is 2.00 bits per heavy atom. The van der Waals surface area contributed by atoms with Crippen LogP contribution in [-0.2, 0) is 5.33 Å². The molecule has 74 valence electrons. The molecule has 0 saturated carbocycles. The molecule has 0 spiro atoms. The smallest absolute Gasteiger partial charge is 0.138 e. The lowest BCUT2D eigenvalue weighted by molar-refractivity contribution is 0.572. The quantitative estimate of drug-likeness (QED) is 0.694. The van der Waals surface area contributed by atoms with E-state index in [1.54, 1.807) is 0 Å². The van der Waals surface area contributed by atoms with E-state index in [9.17, 15) is 0 Å². The summed E-state index contributed by atoms with van der Waals surface area (Å²) in [5.74, 6) is 1.00. The molecule has 0 aliphatic carbocycles. The fraction of sp³-hybridized carbons (Fsp3) is 0.273. The lowest BCUT2D eigenvalue weighted by atomic mass is 10.1. The van der Waals surface area contributed by atoms with Gasteiger partial charge in [0.2, 0.25) is 0 Å². The zero-order valence-electron chi connectivity index (χ0n) is 8.03. The Kier molecular flexibility index (Phi) is 2.71. The first-order chi connectivity index (χ1) is 6.63. The number of fused-ring (bicyclic) bond motifs is 1. The molecule has 1 nitrogen and oxygen atoms in total. The van der Waals surface area contributed by atoms with Crippen LogP contribution in [0, 0.1) is 13.8 Å². The molecule has 14 heavy (non-hydrogen) atoms. The Hall–Kier alpha value is -0.280. The average molecular weight is 318 g/mol. The van der Waals surface area contributed by atoms with E-state index in [2.05, 4.69) is 50.9 Å². The SMILES string of the molecule is Cc1oc2c(CBr)cc(Br)cc2c1C. The maximum Gasteiger partial charge on any atom is 0.138 e. The minimum Gasteiger partial charge on any atom is -0.461 e. The Balaban J connectivity index is 2.87. The molecule has 2 aromatic rings. The number of alkyl halides is 1. The van der Waals surface area contributed by atoms with E-state index in [0.717, 1.165) is 21.1 Å². The summed E-state index contributed by atoms with van der Waals surface area (Å²) in [6.45, 7) is 4.09. The first kappa shape index (κ1) is 10.2. The minimum atomic E-state index is 0.815. The van der Waals surface area contributed by atoms with Gasteiger partial charge in [-0.15, -0.1) is 0 Å². The molecule has 0 bridgehead atoms. The lowest BCUT2D eigenvalue weighted by Gasteiger charge is -1.98. The summed E-state index contributed by atoms with van der Waals surface area (Å²) in [4.78, 5) is 0. The van der Waals surface area contributed by atoms with Crippen molar-refractivity contribution < 1.29 is 4.42 Å². The van der Waals surface area contributed by atoms with Crippen molar-refractivity contribution in [3.8, 4) is 0 Å². The third kappa shape index (κ3) is 1.52. The van der Waals surface area contributed by atoms with Gasteiger partial charge in [0, 0.05) is 20.8 Å². The van der Waals surface area contributed by atoms with E-state index in [0.29, 0.717) is 0 Å². The second-order valence-corrected chi connectivity index (χ2v) is 4.83. The fourth-order valence-corrected chi connectivity index (χ4v) is 2.49. The predicted octanol–water partition coefficient (Wildman–Crippen LogP) is 4.71. The van der Waals surface area contributed by atoms with Crippen molar-refractivity contribution in [2.24, 2.45) is 0 Å². The minimum absolute atomic E-state index is 0.815. The van der Waals surface area contributed by atoms with Crippen LogP contribution in [0.1, 0.15) is 16.9 Å². The summed E-state index contributed by atoms with van der Waals surface area (Å²) >= 11 is 6.97. The maximum atomic E-state index is 5.72. The summed E-state index contributed by atoms with van der Waals surface area (Å²) in [6.07, 6.45) is 0. The molecule has 2 rings (SSSR count). The number of aryl methyl sites for hydroxylation is 2. The van der Waals surface area contributed by atoms with Crippen molar-refractivity contribution in [2.75, 3.05) is 0 Å². The summed E-state index contributed by atoms with van der Waals surface area (Å²) < 4.78 is 6.83. The van der Waals surface area contributed by atoms with Gasteiger partial charge in [-0.3, -0.25) is 0 Å². The van der Waals surface area contributed by atoms with Crippen molar-refractivity contribution in [2.45, 2.75) is 19.2 Å². The molecule has 0 amide bonds. The zero-order valence-corrected chi connectivity index (χ0v) is 11.2. The molecule has 1 aromatic carbocycles. The molecule has 1 aromatic heterocycles. The molecule has 0 atom stereocenters. The Morgan fingerprint density at radius 1 is 1.29 bits per heavy atom. The number of halogens is 2. The molecular formula is C11H10Br2O. The van der Waals surface area contributed by atoms with E-state index in [4.69, 9.17) is 4.42 Å². The normalized spacial score (nSPS) is 11.1. The van der Waals surface area contributed by atoms with E-state index >= 15 is 0 Å². The summed E-state index contributed by atoms with van der Waals surface area (Å²) in [5.41, 5.74) is 3.41. The van der Waals surface area contributed by atoms with Gasteiger partial charge in [0.25, 0.3) is 0 Å². The van der Waals surface area contributed by atoms with Gasteiger partial charge < -0.3 is 4.42 Å². The molecule has 0 N–H and O–H groups in total. The van der Waals surface area contributed by atoms with Gasteiger partial charge in [0.15, 0.2) is 0 Å². The topological polar surface area (TPSA) is 13.1 Å². The highest BCUT2D eigenvalue weighted by Gasteiger charge is 2.11. The Labute approximate surface area is 99.7 Å². The highest BCUT2D eigenvalue weighted by Crippen LogP contribution is 2.31. The summed E-state index contributed by atoms with van der Waals surface area (Å²) in [6, 6.07) is 4.19. The molecule has 0 fully saturated rings. The second-order valence-electron chi connectivity index (χ2n) is 3.36. The number of benzene rings is 1. The predicted molar refractivity (Wildman–Crippen MR) is 66.0 cm³/mol. The van der Waals surface area contributed by atoms with Crippen molar-refractivity contribution in [1.82, 2.24) is 0 Å². The molecule has 0 aliphatic heterocycles.